The molecule has 2 rings (SSSR count). The second kappa shape index (κ2) is 4.78. The van der Waals surface area contributed by atoms with Gasteiger partial charge in [-0.3, -0.25) is 0 Å². The number of hydrogen-bond donors (Lipinski definition) is 2. The fourth-order valence-electron chi connectivity index (χ4n) is 2.17. The summed E-state index contributed by atoms with van der Waals surface area (Å²) in [7, 11) is 0. The van der Waals surface area contributed by atoms with Crippen molar-refractivity contribution in [3.8, 4) is 0 Å². The molecule has 3 N–H and O–H groups in total. The fraction of sp³-hybridized carbons (Fsp3) is 0.200. The van der Waals surface area contributed by atoms with Crippen LogP contribution in [-0.2, 0) is 0 Å². The molecule has 1 unspecified atom stereocenters. The normalized spacial score (nSPS) is 12.4. The van der Waals surface area contributed by atoms with Gasteiger partial charge in [-0.2, -0.15) is 0 Å². The lowest BCUT2D eigenvalue weighted by Crippen LogP contribution is -2.06. The van der Waals surface area contributed by atoms with Gasteiger partial charge in [-0.1, -0.05) is 18.2 Å². The number of aliphatic hydroxyl groups excluding tert-OH is 1. The van der Waals surface area contributed by atoms with Crippen molar-refractivity contribution in [3.63, 3.8) is 0 Å². The third kappa shape index (κ3) is 2.36. The highest BCUT2D eigenvalue weighted by atomic mass is 19.1. The highest BCUT2D eigenvalue weighted by Gasteiger charge is 2.18. The topological polar surface area (TPSA) is 46.2 Å². The lowest BCUT2D eigenvalue weighted by atomic mass is 9.95. The smallest absolute Gasteiger partial charge is 0.129 e. The molecule has 2 nitrogen and oxygen atoms in total. The summed E-state index contributed by atoms with van der Waals surface area (Å²) in [5, 5.41) is 10.3. The average molecular weight is 245 g/mol. The summed E-state index contributed by atoms with van der Waals surface area (Å²) < 4.78 is 14.0. The standard InChI is InChI=1S/C15H16FNO/c1-9-6-10(2)14(13(16)7-9)15(18)11-4-3-5-12(17)8-11/h3-8,15,18H,17H2,1-2H3. The van der Waals surface area contributed by atoms with Gasteiger partial charge >= 0.3 is 0 Å². The Balaban J connectivity index is 2.49. The van der Waals surface area contributed by atoms with Gasteiger partial charge in [0, 0.05) is 11.3 Å². The molecule has 0 bridgehead atoms. The predicted octanol–water partition coefficient (Wildman–Crippen LogP) is 3.11. The Bertz CT molecular complexity index is 557. The van der Waals surface area contributed by atoms with E-state index in [4.69, 9.17) is 5.73 Å². The molecule has 0 spiro atoms. The zero-order valence-corrected chi connectivity index (χ0v) is 10.4. The molecule has 18 heavy (non-hydrogen) atoms. The van der Waals surface area contributed by atoms with Gasteiger partial charge in [-0.25, -0.2) is 4.39 Å². The number of hydrogen-bond acceptors (Lipinski definition) is 2. The van der Waals surface area contributed by atoms with E-state index in [0.29, 0.717) is 16.8 Å². The van der Waals surface area contributed by atoms with E-state index < -0.39 is 6.10 Å². The van der Waals surface area contributed by atoms with Crippen LogP contribution < -0.4 is 5.73 Å². The number of rotatable bonds is 2. The van der Waals surface area contributed by atoms with E-state index in [2.05, 4.69) is 0 Å². The predicted molar refractivity (Wildman–Crippen MR) is 70.8 cm³/mol. The monoisotopic (exact) mass is 245 g/mol. The molecule has 1 atom stereocenters. The van der Waals surface area contributed by atoms with Gasteiger partial charge in [-0.05, 0) is 48.7 Å². The van der Waals surface area contributed by atoms with E-state index in [-0.39, 0.29) is 5.82 Å². The minimum absolute atomic E-state index is 0.311. The summed E-state index contributed by atoms with van der Waals surface area (Å²) in [4.78, 5) is 0. The van der Waals surface area contributed by atoms with E-state index in [1.807, 2.05) is 13.0 Å². The molecular weight excluding hydrogens is 229 g/mol. The summed E-state index contributed by atoms with van der Waals surface area (Å²) in [5.41, 5.74) is 8.71. The number of anilines is 1. The third-order valence-corrected chi connectivity index (χ3v) is 2.98. The fourth-order valence-corrected chi connectivity index (χ4v) is 2.17. The van der Waals surface area contributed by atoms with Crippen molar-refractivity contribution >= 4 is 5.69 Å². The van der Waals surface area contributed by atoms with Gasteiger partial charge in [0.2, 0.25) is 0 Å². The van der Waals surface area contributed by atoms with Gasteiger partial charge in [0.05, 0.1) is 0 Å². The van der Waals surface area contributed by atoms with Crippen LogP contribution in [0.1, 0.15) is 28.4 Å². The van der Waals surface area contributed by atoms with Crippen LogP contribution in [-0.4, -0.2) is 5.11 Å². The molecule has 0 aliphatic rings. The minimum atomic E-state index is -0.992. The molecule has 0 fully saturated rings. The van der Waals surface area contributed by atoms with E-state index in [9.17, 15) is 9.50 Å². The van der Waals surface area contributed by atoms with Gasteiger partial charge < -0.3 is 10.8 Å². The molecule has 0 aliphatic carbocycles. The molecule has 0 aromatic heterocycles. The first-order valence-electron chi connectivity index (χ1n) is 5.79. The van der Waals surface area contributed by atoms with Crippen LogP contribution in [0, 0.1) is 19.7 Å². The SMILES string of the molecule is Cc1cc(C)c(C(O)c2cccc(N)c2)c(F)c1. The molecule has 0 amide bonds. The second-order valence-corrected chi connectivity index (χ2v) is 4.55. The summed E-state index contributed by atoms with van der Waals surface area (Å²) in [6.07, 6.45) is -0.992. The maximum Gasteiger partial charge on any atom is 0.129 e. The van der Waals surface area contributed by atoms with E-state index in [1.54, 1.807) is 31.2 Å². The summed E-state index contributed by atoms with van der Waals surface area (Å²) in [5.74, 6) is -0.387. The number of nitrogens with two attached hydrogens (primary N) is 1. The van der Waals surface area contributed by atoms with Crippen molar-refractivity contribution in [3.05, 3.63) is 64.5 Å². The van der Waals surface area contributed by atoms with E-state index in [1.165, 1.54) is 6.07 Å². The molecule has 0 aliphatic heterocycles. The maximum atomic E-state index is 14.0. The van der Waals surface area contributed by atoms with Crippen molar-refractivity contribution in [2.45, 2.75) is 20.0 Å². The van der Waals surface area contributed by atoms with Crippen molar-refractivity contribution < 1.29 is 9.50 Å². The van der Waals surface area contributed by atoms with Gasteiger partial charge in [0.1, 0.15) is 11.9 Å². The van der Waals surface area contributed by atoms with Crippen LogP contribution in [0.2, 0.25) is 0 Å². The van der Waals surface area contributed by atoms with Crippen molar-refractivity contribution in [2.75, 3.05) is 5.73 Å². The van der Waals surface area contributed by atoms with Crippen molar-refractivity contribution in [1.82, 2.24) is 0 Å². The lowest BCUT2D eigenvalue weighted by Gasteiger charge is -2.16. The Kier molecular flexibility index (Phi) is 3.34. The highest BCUT2D eigenvalue weighted by Crippen LogP contribution is 2.28. The molecule has 3 heteroatoms. The zero-order valence-electron chi connectivity index (χ0n) is 10.4. The van der Waals surface area contributed by atoms with Crippen LogP contribution in [0.15, 0.2) is 36.4 Å². The first kappa shape index (κ1) is 12.6. The minimum Gasteiger partial charge on any atom is -0.399 e. The Morgan fingerprint density at radius 1 is 1.17 bits per heavy atom. The van der Waals surface area contributed by atoms with Crippen molar-refractivity contribution in [1.29, 1.82) is 0 Å². The molecule has 2 aromatic rings. The third-order valence-electron chi connectivity index (χ3n) is 2.98. The first-order chi connectivity index (χ1) is 8.49. The first-order valence-corrected chi connectivity index (χ1v) is 5.79. The summed E-state index contributed by atoms with van der Waals surface area (Å²) in [6, 6.07) is 10.2. The van der Waals surface area contributed by atoms with Crippen LogP contribution in [0.4, 0.5) is 10.1 Å². The molecule has 0 saturated heterocycles. The molecular formula is C15H16FNO. The Labute approximate surface area is 106 Å². The molecule has 0 saturated carbocycles. The van der Waals surface area contributed by atoms with Gasteiger partial charge in [0.25, 0.3) is 0 Å². The Hall–Kier alpha value is -1.87. The number of nitrogen functional groups attached to an aromatic ring is 1. The van der Waals surface area contributed by atoms with Crippen LogP contribution in [0.25, 0.3) is 0 Å². The number of aliphatic hydroxyl groups is 1. The quantitative estimate of drug-likeness (QED) is 0.798. The highest BCUT2D eigenvalue weighted by molar-refractivity contribution is 5.45. The molecule has 94 valence electrons. The van der Waals surface area contributed by atoms with Gasteiger partial charge in [0.15, 0.2) is 0 Å². The largest absolute Gasteiger partial charge is 0.399 e. The van der Waals surface area contributed by atoms with Crippen LogP contribution in [0.5, 0.6) is 0 Å². The number of halogens is 1. The summed E-state index contributed by atoms with van der Waals surface area (Å²) in [6.45, 7) is 3.62. The van der Waals surface area contributed by atoms with Crippen molar-refractivity contribution in [2.24, 2.45) is 0 Å². The maximum absolute atomic E-state index is 14.0. The van der Waals surface area contributed by atoms with E-state index >= 15 is 0 Å². The summed E-state index contributed by atoms with van der Waals surface area (Å²) >= 11 is 0. The zero-order chi connectivity index (χ0) is 13.3. The Morgan fingerprint density at radius 2 is 1.89 bits per heavy atom. The molecule has 2 aromatic carbocycles. The molecule has 0 radical (unpaired) electrons. The van der Waals surface area contributed by atoms with Crippen LogP contribution in [0.3, 0.4) is 0 Å². The van der Waals surface area contributed by atoms with E-state index in [0.717, 1.165) is 11.1 Å². The number of aryl methyl sites for hydroxylation is 2. The second-order valence-electron chi connectivity index (χ2n) is 4.55. The molecule has 0 heterocycles. The Morgan fingerprint density at radius 3 is 2.50 bits per heavy atom. The lowest BCUT2D eigenvalue weighted by molar-refractivity contribution is 0.214. The van der Waals surface area contributed by atoms with Gasteiger partial charge in [-0.15, -0.1) is 0 Å². The number of benzene rings is 2. The van der Waals surface area contributed by atoms with Crippen LogP contribution >= 0.6 is 0 Å². The average Bonchev–Trinajstić information content (AvgIpc) is 2.27.